The van der Waals surface area contributed by atoms with Crippen LogP contribution in [0.1, 0.15) is 59.3 Å². The lowest BCUT2D eigenvalue weighted by Crippen LogP contribution is -2.47. The Morgan fingerprint density at radius 2 is 1.80 bits per heavy atom. The molecule has 1 unspecified atom stereocenters. The third kappa shape index (κ3) is 6.30. The fraction of sp³-hybridized carbons (Fsp3) is 0.727. The number of benzene rings is 1. The summed E-state index contributed by atoms with van der Waals surface area (Å²) in [7, 11) is -0.457. The van der Waals surface area contributed by atoms with Crippen molar-refractivity contribution in [2.45, 2.75) is 71.5 Å². The minimum atomic E-state index is -4.16. The molecular formula is C22H34BF3N2O2. The van der Waals surface area contributed by atoms with Crippen molar-refractivity contribution in [1.82, 2.24) is 0 Å². The van der Waals surface area contributed by atoms with E-state index < -0.39 is 25.6 Å². The van der Waals surface area contributed by atoms with E-state index in [2.05, 4.69) is 18.7 Å². The average Bonchev–Trinajstić information content (AvgIpc) is 2.66. The lowest BCUT2D eigenvalue weighted by Gasteiger charge is -2.39. The summed E-state index contributed by atoms with van der Waals surface area (Å²) < 4.78 is 50.5. The maximum absolute atomic E-state index is 12.9. The van der Waals surface area contributed by atoms with Crippen LogP contribution < -0.4 is 16.1 Å². The van der Waals surface area contributed by atoms with Crippen molar-refractivity contribution in [3.05, 3.63) is 18.2 Å². The molecule has 0 amide bonds. The van der Waals surface area contributed by atoms with Gasteiger partial charge in [0, 0.05) is 37.6 Å². The quantitative estimate of drug-likeness (QED) is 0.526. The van der Waals surface area contributed by atoms with Gasteiger partial charge in [0.1, 0.15) is 0 Å². The Balaban J connectivity index is 1.78. The van der Waals surface area contributed by atoms with Gasteiger partial charge in [-0.25, -0.2) is 0 Å². The molecule has 168 valence electrons. The van der Waals surface area contributed by atoms with Crippen molar-refractivity contribution in [2.75, 3.05) is 30.4 Å². The summed E-state index contributed by atoms with van der Waals surface area (Å²) >= 11 is 0. The van der Waals surface area contributed by atoms with E-state index in [4.69, 9.17) is 15.0 Å². The molecule has 0 bridgehead atoms. The van der Waals surface area contributed by atoms with E-state index >= 15 is 0 Å². The summed E-state index contributed by atoms with van der Waals surface area (Å²) in [4.78, 5) is 2.11. The monoisotopic (exact) mass is 426 g/mol. The van der Waals surface area contributed by atoms with Crippen LogP contribution in [0, 0.1) is 11.3 Å². The van der Waals surface area contributed by atoms with Crippen LogP contribution in [0.25, 0.3) is 0 Å². The van der Waals surface area contributed by atoms with Gasteiger partial charge in [-0.15, -0.1) is 0 Å². The maximum atomic E-state index is 12.9. The van der Waals surface area contributed by atoms with Gasteiger partial charge < -0.3 is 19.9 Å². The molecule has 1 saturated carbocycles. The summed E-state index contributed by atoms with van der Waals surface area (Å²) in [6.45, 7) is 7.39. The molecule has 3 rings (SSSR count). The number of nitrogens with zero attached hydrogens (tertiary/aromatic N) is 1. The smallest absolute Gasteiger partial charge is 0.407 e. The van der Waals surface area contributed by atoms with Crippen LogP contribution in [-0.4, -0.2) is 39.1 Å². The summed E-state index contributed by atoms with van der Waals surface area (Å²) in [5.74, 6) is -0.502. The Labute approximate surface area is 178 Å². The fourth-order valence-electron chi connectivity index (χ4n) is 4.50. The molecule has 1 aliphatic carbocycles. The van der Waals surface area contributed by atoms with Crippen LogP contribution in [0.2, 0.25) is 0 Å². The van der Waals surface area contributed by atoms with Gasteiger partial charge in [0.05, 0.1) is 11.4 Å². The average molecular weight is 426 g/mol. The number of hydrogen-bond acceptors (Lipinski definition) is 4. The van der Waals surface area contributed by atoms with E-state index in [-0.39, 0.29) is 11.5 Å². The summed E-state index contributed by atoms with van der Waals surface area (Å²) in [5.41, 5.74) is 8.62. The van der Waals surface area contributed by atoms with Gasteiger partial charge in [0.2, 0.25) is 0 Å². The molecule has 0 radical (unpaired) electrons. The molecule has 4 nitrogen and oxygen atoms in total. The van der Waals surface area contributed by atoms with Crippen molar-refractivity contribution >= 4 is 24.0 Å². The Morgan fingerprint density at radius 3 is 2.37 bits per heavy atom. The van der Waals surface area contributed by atoms with Crippen molar-refractivity contribution in [1.29, 1.82) is 0 Å². The molecule has 1 heterocycles. The molecule has 2 aliphatic rings. The van der Waals surface area contributed by atoms with Crippen molar-refractivity contribution < 1.29 is 22.5 Å². The highest BCUT2D eigenvalue weighted by atomic mass is 19.4. The van der Waals surface area contributed by atoms with E-state index in [0.717, 1.165) is 36.8 Å². The lowest BCUT2D eigenvalue weighted by atomic mass is 9.75. The zero-order valence-corrected chi connectivity index (χ0v) is 18.3. The molecule has 2 fully saturated rings. The lowest BCUT2D eigenvalue weighted by molar-refractivity contribution is -0.142. The normalized spacial score (nSPS) is 21.5. The molecule has 1 aromatic rings. The molecule has 1 aliphatic heterocycles. The minimum absolute atomic E-state index is 0.0195. The third-order valence-corrected chi connectivity index (χ3v) is 5.99. The Hall–Kier alpha value is -1.41. The van der Waals surface area contributed by atoms with Crippen LogP contribution in [0.15, 0.2) is 18.2 Å². The number of hydrogen-bond donors (Lipinski definition) is 1. The van der Waals surface area contributed by atoms with Gasteiger partial charge in [-0.2, -0.15) is 13.2 Å². The molecule has 0 aromatic heterocycles. The number of nitrogens with two attached hydrogens (primary N) is 1. The molecule has 1 aromatic carbocycles. The van der Waals surface area contributed by atoms with Crippen molar-refractivity contribution in [3.8, 4) is 0 Å². The van der Waals surface area contributed by atoms with E-state index in [1.165, 1.54) is 6.42 Å². The first-order valence-electron chi connectivity index (χ1n) is 11.0. The molecule has 1 atom stereocenters. The number of rotatable bonds is 6. The Morgan fingerprint density at radius 1 is 1.17 bits per heavy atom. The van der Waals surface area contributed by atoms with E-state index in [1.807, 2.05) is 18.2 Å². The molecular weight excluding hydrogens is 392 g/mol. The highest BCUT2D eigenvalue weighted by Crippen LogP contribution is 2.34. The number of alkyl halides is 3. The second-order valence-corrected chi connectivity index (χ2v) is 9.81. The Bertz CT molecular complexity index is 698. The van der Waals surface area contributed by atoms with Gasteiger partial charge in [-0.05, 0) is 36.4 Å². The summed E-state index contributed by atoms with van der Waals surface area (Å²) in [5, 5.41) is 0. The van der Waals surface area contributed by atoms with E-state index in [9.17, 15) is 13.2 Å². The molecule has 0 spiro atoms. The molecule has 1 saturated heterocycles. The van der Waals surface area contributed by atoms with Gasteiger partial charge >= 0.3 is 13.3 Å². The predicted molar refractivity (Wildman–Crippen MR) is 116 cm³/mol. The van der Waals surface area contributed by atoms with Crippen LogP contribution in [-0.2, 0) is 9.31 Å². The number of nitrogen functional groups attached to an aromatic ring is 1. The van der Waals surface area contributed by atoms with Crippen LogP contribution >= 0.6 is 0 Å². The van der Waals surface area contributed by atoms with Gasteiger partial charge in [-0.1, -0.05) is 46.1 Å². The van der Waals surface area contributed by atoms with E-state index in [0.29, 0.717) is 25.4 Å². The van der Waals surface area contributed by atoms with Crippen molar-refractivity contribution in [3.63, 3.8) is 0 Å². The topological polar surface area (TPSA) is 47.7 Å². The first-order valence-corrected chi connectivity index (χ1v) is 11.0. The number of anilines is 2. The van der Waals surface area contributed by atoms with Crippen LogP contribution in [0.3, 0.4) is 0 Å². The first kappa shape index (κ1) is 23.3. The fourth-order valence-corrected chi connectivity index (χ4v) is 4.50. The third-order valence-electron chi connectivity index (χ3n) is 5.99. The number of halogens is 3. The Kier molecular flexibility index (Phi) is 7.28. The standard InChI is InChI=1S/C22H34BF3N2O2/c1-16(12-22(24,25)26)13-28(18-7-5-4-6-8-18)20-10-9-17(11-19(20)27)23-29-14-21(2,3)15-30-23/h9-11,16,18H,4-8,12-15,27H2,1-3H3. The largest absolute Gasteiger partial charge is 0.493 e. The summed E-state index contributed by atoms with van der Waals surface area (Å²) in [6, 6.07) is 5.93. The van der Waals surface area contributed by atoms with Crippen molar-refractivity contribution in [2.24, 2.45) is 11.3 Å². The molecule has 30 heavy (non-hydrogen) atoms. The van der Waals surface area contributed by atoms with Gasteiger partial charge in [-0.3, -0.25) is 0 Å². The minimum Gasteiger partial charge on any atom is -0.407 e. The highest BCUT2D eigenvalue weighted by molar-refractivity contribution is 6.61. The second kappa shape index (κ2) is 9.39. The van der Waals surface area contributed by atoms with Crippen LogP contribution in [0.5, 0.6) is 0 Å². The molecule has 2 N–H and O–H groups in total. The second-order valence-electron chi connectivity index (χ2n) is 9.81. The highest BCUT2D eigenvalue weighted by Gasteiger charge is 2.35. The van der Waals surface area contributed by atoms with Gasteiger partial charge in [0.15, 0.2) is 0 Å². The SMILES string of the molecule is CC(CN(c1ccc(B2OCC(C)(C)CO2)cc1N)C1CCCCC1)CC(F)(F)F. The van der Waals surface area contributed by atoms with E-state index in [1.54, 1.807) is 6.92 Å². The zero-order valence-electron chi connectivity index (χ0n) is 18.3. The zero-order chi connectivity index (χ0) is 21.9. The maximum Gasteiger partial charge on any atom is 0.493 e. The first-order chi connectivity index (χ1) is 14.0. The predicted octanol–water partition coefficient (Wildman–Crippen LogP) is 4.76. The molecule has 8 heteroatoms. The summed E-state index contributed by atoms with van der Waals surface area (Å²) in [6.07, 6.45) is 0.431. The van der Waals surface area contributed by atoms with Gasteiger partial charge in [0.25, 0.3) is 0 Å². The van der Waals surface area contributed by atoms with Crippen LogP contribution in [0.4, 0.5) is 24.5 Å².